The van der Waals surface area contributed by atoms with Crippen LogP contribution in [0.25, 0.3) is 11.3 Å². The van der Waals surface area contributed by atoms with Crippen molar-refractivity contribution in [1.29, 1.82) is 5.26 Å². The van der Waals surface area contributed by atoms with Gasteiger partial charge in [-0.05, 0) is 36.4 Å². The third kappa shape index (κ3) is 5.15. The number of anilines is 2. The van der Waals surface area contributed by atoms with E-state index >= 15 is 0 Å². The first-order valence-electron chi connectivity index (χ1n) is 9.91. The molecule has 0 bridgehead atoms. The van der Waals surface area contributed by atoms with E-state index in [4.69, 9.17) is 14.7 Å². The molecule has 2 heterocycles. The highest BCUT2D eigenvalue weighted by Crippen LogP contribution is 2.22. The number of carbonyl (C=O) groups is 1. The van der Waals surface area contributed by atoms with Crippen LogP contribution in [-0.2, 0) is 9.53 Å². The van der Waals surface area contributed by atoms with Gasteiger partial charge in [-0.15, -0.1) is 10.2 Å². The Labute approximate surface area is 180 Å². The van der Waals surface area contributed by atoms with Crippen LogP contribution in [0.2, 0.25) is 0 Å². The lowest BCUT2D eigenvalue weighted by Crippen LogP contribution is -2.36. The van der Waals surface area contributed by atoms with Gasteiger partial charge in [-0.1, -0.05) is 24.3 Å². The van der Waals surface area contributed by atoms with E-state index in [1.165, 1.54) is 0 Å². The van der Waals surface area contributed by atoms with Crippen LogP contribution in [0.15, 0.2) is 60.7 Å². The van der Waals surface area contributed by atoms with Crippen molar-refractivity contribution in [2.75, 3.05) is 43.1 Å². The summed E-state index contributed by atoms with van der Waals surface area (Å²) < 4.78 is 10.8. The molecule has 1 fully saturated rings. The molecule has 1 saturated heterocycles. The van der Waals surface area contributed by atoms with Crippen LogP contribution in [0.4, 0.5) is 11.5 Å². The highest BCUT2D eigenvalue weighted by Gasteiger charge is 2.13. The lowest BCUT2D eigenvalue weighted by atomic mass is 10.1. The smallest absolute Gasteiger partial charge is 0.262 e. The van der Waals surface area contributed by atoms with Gasteiger partial charge in [0.15, 0.2) is 12.4 Å². The first-order valence-corrected chi connectivity index (χ1v) is 9.91. The molecule has 4 rings (SSSR count). The fourth-order valence-corrected chi connectivity index (χ4v) is 3.22. The van der Waals surface area contributed by atoms with Gasteiger partial charge in [-0.2, -0.15) is 5.26 Å². The minimum Gasteiger partial charge on any atom is -0.482 e. The quantitative estimate of drug-likeness (QED) is 0.661. The summed E-state index contributed by atoms with van der Waals surface area (Å²) in [7, 11) is 0. The topological polar surface area (TPSA) is 100 Å². The van der Waals surface area contributed by atoms with E-state index in [2.05, 4.69) is 20.4 Å². The van der Waals surface area contributed by atoms with Gasteiger partial charge in [0.1, 0.15) is 11.8 Å². The number of nitriles is 1. The van der Waals surface area contributed by atoms with Gasteiger partial charge in [0.25, 0.3) is 5.91 Å². The molecule has 31 heavy (non-hydrogen) atoms. The first kappa shape index (κ1) is 20.3. The normalized spacial score (nSPS) is 13.3. The number of amides is 1. The van der Waals surface area contributed by atoms with Gasteiger partial charge < -0.3 is 19.7 Å². The van der Waals surface area contributed by atoms with Crippen LogP contribution < -0.4 is 15.0 Å². The van der Waals surface area contributed by atoms with E-state index in [-0.39, 0.29) is 12.5 Å². The van der Waals surface area contributed by atoms with E-state index in [0.29, 0.717) is 35.9 Å². The van der Waals surface area contributed by atoms with E-state index in [0.717, 1.165) is 24.5 Å². The zero-order valence-electron chi connectivity index (χ0n) is 16.8. The molecule has 3 aromatic rings. The SMILES string of the molecule is N#Cc1ccccc1OCC(=O)Nc1cccc(-c2ccc(N3CCOCC3)nn2)c1. The lowest BCUT2D eigenvalue weighted by Gasteiger charge is -2.27. The standard InChI is InChI=1S/C23H21N5O3/c24-15-18-4-1-2-7-21(18)31-16-23(29)25-19-6-3-5-17(14-19)20-8-9-22(27-26-20)28-10-12-30-13-11-28/h1-9,14H,10-13,16H2,(H,25,29). The van der Waals surface area contributed by atoms with Crippen LogP contribution in [0.1, 0.15) is 5.56 Å². The summed E-state index contributed by atoms with van der Waals surface area (Å²) in [4.78, 5) is 14.4. The highest BCUT2D eigenvalue weighted by molar-refractivity contribution is 5.92. The summed E-state index contributed by atoms with van der Waals surface area (Å²) >= 11 is 0. The molecule has 1 amide bonds. The molecule has 8 heteroatoms. The van der Waals surface area contributed by atoms with Crippen molar-refractivity contribution >= 4 is 17.4 Å². The summed E-state index contributed by atoms with van der Waals surface area (Å²) in [5.74, 6) is 0.884. The predicted octanol–water partition coefficient (Wildman–Crippen LogP) is 2.87. The van der Waals surface area contributed by atoms with Crippen molar-refractivity contribution in [2.24, 2.45) is 0 Å². The van der Waals surface area contributed by atoms with Crippen LogP contribution in [0.5, 0.6) is 5.75 Å². The molecule has 8 nitrogen and oxygen atoms in total. The van der Waals surface area contributed by atoms with Crippen molar-refractivity contribution in [3.05, 3.63) is 66.2 Å². The van der Waals surface area contributed by atoms with E-state index in [9.17, 15) is 4.79 Å². The van der Waals surface area contributed by atoms with E-state index < -0.39 is 0 Å². The molecule has 1 N–H and O–H groups in total. The number of nitrogens with zero attached hydrogens (tertiary/aromatic N) is 4. The minimum absolute atomic E-state index is 0.197. The predicted molar refractivity (Wildman–Crippen MR) is 116 cm³/mol. The first-order chi connectivity index (χ1) is 15.2. The van der Waals surface area contributed by atoms with E-state index in [1.807, 2.05) is 36.4 Å². The van der Waals surface area contributed by atoms with Crippen LogP contribution >= 0.6 is 0 Å². The monoisotopic (exact) mass is 415 g/mol. The summed E-state index contributed by atoms with van der Waals surface area (Å²) in [5.41, 5.74) is 2.57. The summed E-state index contributed by atoms with van der Waals surface area (Å²) in [6, 6.07) is 20.1. The number of para-hydroxylation sites is 1. The molecule has 156 valence electrons. The maximum Gasteiger partial charge on any atom is 0.262 e. The molecule has 0 saturated carbocycles. The molecule has 1 aromatic heterocycles. The number of rotatable bonds is 6. The maximum absolute atomic E-state index is 12.3. The molecular weight excluding hydrogens is 394 g/mol. The van der Waals surface area contributed by atoms with Gasteiger partial charge in [0.2, 0.25) is 0 Å². The van der Waals surface area contributed by atoms with Gasteiger partial charge in [0.05, 0.1) is 24.5 Å². The maximum atomic E-state index is 12.3. The molecule has 0 radical (unpaired) electrons. The Morgan fingerprint density at radius 1 is 1.10 bits per heavy atom. The Morgan fingerprint density at radius 3 is 2.71 bits per heavy atom. The molecule has 0 aliphatic carbocycles. The second kappa shape index (κ2) is 9.69. The Bertz CT molecular complexity index is 1090. The number of ether oxygens (including phenoxy) is 2. The number of hydrogen-bond acceptors (Lipinski definition) is 7. The number of benzene rings is 2. The van der Waals surface area contributed by atoms with Crippen molar-refractivity contribution in [3.63, 3.8) is 0 Å². The van der Waals surface area contributed by atoms with Gasteiger partial charge >= 0.3 is 0 Å². The van der Waals surface area contributed by atoms with Crippen molar-refractivity contribution in [1.82, 2.24) is 10.2 Å². The van der Waals surface area contributed by atoms with E-state index in [1.54, 1.807) is 30.3 Å². The lowest BCUT2D eigenvalue weighted by molar-refractivity contribution is -0.118. The van der Waals surface area contributed by atoms with Crippen LogP contribution in [0, 0.1) is 11.3 Å². The average molecular weight is 415 g/mol. The largest absolute Gasteiger partial charge is 0.482 e. The Morgan fingerprint density at radius 2 is 1.94 bits per heavy atom. The number of aromatic nitrogens is 2. The van der Waals surface area contributed by atoms with Crippen LogP contribution in [-0.4, -0.2) is 49.0 Å². The molecule has 0 atom stereocenters. The zero-order valence-corrected chi connectivity index (χ0v) is 16.8. The molecular formula is C23H21N5O3. The fourth-order valence-electron chi connectivity index (χ4n) is 3.22. The number of nitrogens with one attached hydrogen (secondary N) is 1. The number of hydrogen-bond donors (Lipinski definition) is 1. The summed E-state index contributed by atoms with van der Waals surface area (Å²) in [6.07, 6.45) is 0. The average Bonchev–Trinajstić information content (AvgIpc) is 2.84. The molecule has 2 aromatic carbocycles. The molecule has 1 aliphatic rings. The van der Waals surface area contributed by atoms with Crippen molar-refractivity contribution in [3.8, 4) is 23.1 Å². The van der Waals surface area contributed by atoms with Crippen molar-refractivity contribution in [2.45, 2.75) is 0 Å². The van der Waals surface area contributed by atoms with Gasteiger partial charge in [0, 0.05) is 24.3 Å². The van der Waals surface area contributed by atoms with Crippen molar-refractivity contribution < 1.29 is 14.3 Å². The summed E-state index contributed by atoms with van der Waals surface area (Å²) in [5, 5.41) is 20.6. The summed E-state index contributed by atoms with van der Waals surface area (Å²) in [6.45, 7) is 2.79. The highest BCUT2D eigenvalue weighted by atomic mass is 16.5. The molecule has 0 spiro atoms. The van der Waals surface area contributed by atoms with Gasteiger partial charge in [-0.25, -0.2) is 0 Å². The number of carbonyl (C=O) groups excluding carboxylic acids is 1. The fraction of sp³-hybridized carbons (Fsp3) is 0.217. The van der Waals surface area contributed by atoms with Gasteiger partial charge in [-0.3, -0.25) is 4.79 Å². The third-order valence-electron chi connectivity index (χ3n) is 4.79. The Kier molecular flexibility index (Phi) is 6.35. The number of morpholine rings is 1. The Hall–Kier alpha value is -3.96. The molecule has 1 aliphatic heterocycles. The van der Waals surface area contributed by atoms with Crippen LogP contribution in [0.3, 0.4) is 0 Å². The minimum atomic E-state index is -0.321. The second-order valence-electron chi connectivity index (χ2n) is 6.90. The Balaban J connectivity index is 1.39. The zero-order chi connectivity index (χ0) is 21.5. The third-order valence-corrected chi connectivity index (χ3v) is 4.79. The molecule has 0 unspecified atom stereocenters. The second-order valence-corrected chi connectivity index (χ2v) is 6.90.